The SMILES string of the molecule is CNC1(CC(=O)Nc2ccccc2)CCCCC1. The van der Waals surface area contributed by atoms with Crippen LogP contribution in [0.5, 0.6) is 0 Å². The first-order chi connectivity index (χ1) is 8.74. The summed E-state index contributed by atoms with van der Waals surface area (Å²) in [6, 6.07) is 9.66. The van der Waals surface area contributed by atoms with Gasteiger partial charge >= 0.3 is 0 Å². The van der Waals surface area contributed by atoms with Crippen LogP contribution in [0.3, 0.4) is 0 Å². The zero-order chi connectivity index (χ0) is 12.8. The zero-order valence-corrected chi connectivity index (χ0v) is 11.0. The third-order valence-corrected chi connectivity index (χ3v) is 3.90. The molecule has 1 saturated carbocycles. The summed E-state index contributed by atoms with van der Waals surface area (Å²) in [4.78, 5) is 12.1. The van der Waals surface area contributed by atoms with Gasteiger partial charge in [-0.1, -0.05) is 37.5 Å². The van der Waals surface area contributed by atoms with Crippen LogP contribution in [0.15, 0.2) is 30.3 Å². The van der Waals surface area contributed by atoms with Crippen LogP contribution in [-0.4, -0.2) is 18.5 Å². The molecule has 1 amide bonds. The number of nitrogens with one attached hydrogen (secondary N) is 2. The number of hydrogen-bond acceptors (Lipinski definition) is 2. The van der Waals surface area contributed by atoms with Crippen molar-refractivity contribution in [1.29, 1.82) is 0 Å². The van der Waals surface area contributed by atoms with Crippen LogP contribution < -0.4 is 10.6 Å². The normalized spacial score (nSPS) is 18.3. The maximum atomic E-state index is 12.1. The summed E-state index contributed by atoms with van der Waals surface area (Å²) in [6.07, 6.45) is 6.51. The third-order valence-electron chi connectivity index (χ3n) is 3.90. The molecule has 0 unspecified atom stereocenters. The molecule has 2 N–H and O–H groups in total. The van der Waals surface area contributed by atoms with Crippen LogP contribution in [0, 0.1) is 0 Å². The van der Waals surface area contributed by atoms with E-state index in [1.807, 2.05) is 37.4 Å². The lowest BCUT2D eigenvalue weighted by Crippen LogP contribution is -2.47. The Balaban J connectivity index is 1.93. The molecule has 0 bridgehead atoms. The fraction of sp³-hybridized carbons (Fsp3) is 0.533. The van der Waals surface area contributed by atoms with Crippen LogP contribution >= 0.6 is 0 Å². The number of anilines is 1. The maximum Gasteiger partial charge on any atom is 0.226 e. The van der Waals surface area contributed by atoms with Crippen molar-refractivity contribution < 1.29 is 4.79 Å². The van der Waals surface area contributed by atoms with Crippen LogP contribution in [0.1, 0.15) is 38.5 Å². The molecule has 0 saturated heterocycles. The molecular weight excluding hydrogens is 224 g/mol. The van der Waals surface area contributed by atoms with Crippen molar-refractivity contribution in [2.24, 2.45) is 0 Å². The minimum Gasteiger partial charge on any atom is -0.326 e. The Morgan fingerprint density at radius 2 is 1.83 bits per heavy atom. The molecule has 0 aromatic heterocycles. The smallest absolute Gasteiger partial charge is 0.226 e. The van der Waals surface area contributed by atoms with Gasteiger partial charge in [0.15, 0.2) is 0 Å². The first-order valence-corrected chi connectivity index (χ1v) is 6.78. The number of benzene rings is 1. The van der Waals surface area contributed by atoms with Crippen molar-refractivity contribution in [3.63, 3.8) is 0 Å². The molecule has 3 heteroatoms. The van der Waals surface area contributed by atoms with Gasteiger partial charge in [0, 0.05) is 17.6 Å². The minimum atomic E-state index is 0.0110. The third kappa shape index (κ3) is 3.33. The number of amides is 1. The summed E-state index contributed by atoms with van der Waals surface area (Å²) < 4.78 is 0. The molecule has 0 heterocycles. The van der Waals surface area contributed by atoms with Crippen LogP contribution in [-0.2, 0) is 4.79 Å². The monoisotopic (exact) mass is 246 g/mol. The molecule has 0 spiro atoms. The second-order valence-corrected chi connectivity index (χ2v) is 5.18. The lowest BCUT2D eigenvalue weighted by Gasteiger charge is -2.36. The van der Waals surface area contributed by atoms with E-state index in [2.05, 4.69) is 10.6 Å². The van der Waals surface area contributed by atoms with Gasteiger partial charge in [0.1, 0.15) is 0 Å². The minimum absolute atomic E-state index is 0.0110. The molecule has 18 heavy (non-hydrogen) atoms. The molecule has 0 aliphatic heterocycles. The fourth-order valence-corrected chi connectivity index (χ4v) is 2.78. The van der Waals surface area contributed by atoms with Crippen LogP contribution in [0.2, 0.25) is 0 Å². The highest BCUT2D eigenvalue weighted by Gasteiger charge is 2.32. The average Bonchev–Trinajstić information content (AvgIpc) is 2.41. The van der Waals surface area contributed by atoms with Gasteiger partial charge in [0.05, 0.1) is 0 Å². The highest BCUT2D eigenvalue weighted by Crippen LogP contribution is 2.30. The molecule has 2 rings (SSSR count). The van der Waals surface area contributed by atoms with Gasteiger partial charge < -0.3 is 10.6 Å². The Labute approximate surface area is 109 Å². The second-order valence-electron chi connectivity index (χ2n) is 5.18. The Morgan fingerprint density at radius 3 is 2.44 bits per heavy atom. The van der Waals surface area contributed by atoms with E-state index >= 15 is 0 Å². The van der Waals surface area contributed by atoms with Gasteiger partial charge in [0.25, 0.3) is 0 Å². The lowest BCUT2D eigenvalue weighted by molar-refractivity contribution is -0.117. The quantitative estimate of drug-likeness (QED) is 0.857. The van der Waals surface area contributed by atoms with Crippen molar-refractivity contribution in [2.75, 3.05) is 12.4 Å². The Kier molecular flexibility index (Phi) is 4.37. The molecule has 1 aliphatic rings. The Hall–Kier alpha value is -1.35. The van der Waals surface area contributed by atoms with Gasteiger partial charge in [-0.05, 0) is 32.0 Å². The summed E-state index contributed by atoms with van der Waals surface area (Å²) >= 11 is 0. The fourth-order valence-electron chi connectivity index (χ4n) is 2.78. The number of carbonyl (C=O) groups excluding carboxylic acids is 1. The number of carbonyl (C=O) groups is 1. The lowest BCUT2D eigenvalue weighted by atomic mass is 9.79. The van der Waals surface area contributed by atoms with E-state index < -0.39 is 0 Å². The van der Waals surface area contributed by atoms with Crippen LogP contribution in [0.25, 0.3) is 0 Å². The van der Waals surface area contributed by atoms with Gasteiger partial charge in [-0.2, -0.15) is 0 Å². The van der Waals surface area contributed by atoms with Crippen molar-refractivity contribution in [3.8, 4) is 0 Å². The Bertz CT molecular complexity index is 383. The predicted molar refractivity (Wildman–Crippen MR) is 74.6 cm³/mol. The van der Waals surface area contributed by atoms with Crippen molar-refractivity contribution in [3.05, 3.63) is 30.3 Å². The summed E-state index contributed by atoms with van der Waals surface area (Å²) in [7, 11) is 1.97. The highest BCUT2D eigenvalue weighted by molar-refractivity contribution is 5.91. The van der Waals surface area contributed by atoms with Gasteiger partial charge in [-0.15, -0.1) is 0 Å². The van der Waals surface area contributed by atoms with Crippen LogP contribution in [0.4, 0.5) is 5.69 Å². The summed E-state index contributed by atoms with van der Waals surface area (Å²) in [5.41, 5.74) is 0.890. The first-order valence-electron chi connectivity index (χ1n) is 6.78. The molecule has 0 atom stereocenters. The molecule has 1 aromatic carbocycles. The van der Waals surface area contributed by atoms with Gasteiger partial charge in [-0.3, -0.25) is 4.79 Å². The molecule has 98 valence electrons. The molecule has 3 nitrogen and oxygen atoms in total. The van der Waals surface area contributed by atoms with E-state index in [9.17, 15) is 4.79 Å². The van der Waals surface area contributed by atoms with Crippen molar-refractivity contribution in [2.45, 2.75) is 44.1 Å². The van der Waals surface area contributed by atoms with Crippen molar-refractivity contribution >= 4 is 11.6 Å². The maximum absolute atomic E-state index is 12.1. The molecule has 1 fully saturated rings. The number of hydrogen-bond donors (Lipinski definition) is 2. The largest absolute Gasteiger partial charge is 0.326 e. The van der Waals surface area contributed by atoms with Gasteiger partial charge in [0.2, 0.25) is 5.91 Å². The molecule has 1 aliphatic carbocycles. The van der Waals surface area contributed by atoms with E-state index in [1.165, 1.54) is 19.3 Å². The molecule has 1 aromatic rings. The summed E-state index contributed by atoms with van der Waals surface area (Å²) in [6.45, 7) is 0. The summed E-state index contributed by atoms with van der Waals surface area (Å²) in [5, 5.41) is 6.34. The van der Waals surface area contributed by atoms with E-state index in [1.54, 1.807) is 0 Å². The molecule has 0 radical (unpaired) electrons. The van der Waals surface area contributed by atoms with E-state index in [0.29, 0.717) is 6.42 Å². The van der Waals surface area contributed by atoms with Gasteiger partial charge in [-0.25, -0.2) is 0 Å². The molecular formula is C15H22N2O. The van der Waals surface area contributed by atoms with Crippen molar-refractivity contribution in [1.82, 2.24) is 5.32 Å². The average molecular weight is 246 g/mol. The first kappa shape index (κ1) is 13.1. The number of para-hydroxylation sites is 1. The highest BCUT2D eigenvalue weighted by atomic mass is 16.1. The standard InChI is InChI=1S/C15H22N2O/c1-16-15(10-6-3-7-11-15)12-14(18)17-13-8-4-2-5-9-13/h2,4-5,8-9,16H,3,6-7,10-12H2,1H3,(H,17,18). The zero-order valence-electron chi connectivity index (χ0n) is 11.0. The Morgan fingerprint density at radius 1 is 1.17 bits per heavy atom. The second kappa shape index (κ2) is 6.01. The van der Waals surface area contributed by atoms with E-state index in [4.69, 9.17) is 0 Å². The van der Waals surface area contributed by atoms with E-state index in [-0.39, 0.29) is 11.4 Å². The predicted octanol–water partition coefficient (Wildman–Crippen LogP) is 2.94. The van der Waals surface area contributed by atoms with E-state index in [0.717, 1.165) is 18.5 Å². The summed E-state index contributed by atoms with van der Waals surface area (Å²) in [5.74, 6) is 0.109. The topological polar surface area (TPSA) is 41.1 Å². The number of rotatable bonds is 4.